The van der Waals surface area contributed by atoms with E-state index in [4.69, 9.17) is 9.47 Å². The molecule has 0 bridgehead atoms. The zero-order valence-electron chi connectivity index (χ0n) is 10.7. The molecule has 0 unspecified atom stereocenters. The van der Waals surface area contributed by atoms with Crippen LogP contribution in [0.25, 0.3) is 0 Å². The molecule has 0 radical (unpaired) electrons. The van der Waals surface area contributed by atoms with Crippen LogP contribution < -0.4 is 0 Å². The van der Waals surface area contributed by atoms with Gasteiger partial charge in [-0.25, -0.2) is 4.98 Å². The van der Waals surface area contributed by atoms with Gasteiger partial charge in [-0.2, -0.15) is 0 Å². The Morgan fingerprint density at radius 1 is 1.56 bits per heavy atom. The molecule has 1 saturated heterocycles. The molecule has 1 saturated carbocycles. The van der Waals surface area contributed by atoms with E-state index in [9.17, 15) is 0 Å². The molecule has 100 valence electrons. The lowest BCUT2D eigenvalue weighted by molar-refractivity contribution is -0.113. The van der Waals surface area contributed by atoms with Crippen LogP contribution in [0.4, 0.5) is 0 Å². The van der Waals surface area contributed by atoms with Crippen molar-refractivity contribution < 1.29 is 9.47 Å². The molecule has 0 amide bonds. The molecule has 0 aromatic carbocycles. The van der Waals surface area contributed by atoms with Gasteiger partial charge in [0.2, 0.25) is 0 Å². The molecule has 1 aromatic rings. The van der Waals surface area contributed by atoms with Gasteiger partial charge in [0.15, 0.2) is 0 Å². The number of ether oxygens (including phenoxy) is 2. The monoisotopic (exact) mass is 268 g/mol. The van der Waals surface area contributed by atoms with E-state index >= 15 is 0 Å². The first-order valence-corrected chi connectivity index (χ1v) is 7.62. The third-order valence-electron chi connectivity index (χ3n) is 3.85. The minimum Gasteiger partial charge on any atom is -0.376 e. The fraction of sp³-hybridized carbons (Fsp3) is 0.769. The van der Waals surface area contributed by atoms with Crippen LogP contribution in [0.5, 0.6) is 0 Å². The van der Waals surface area contributed by atoms with Gasteiger partial charge in [0, 0.05) is 30.8 Å². The zero-order chi connectivity index (χ0) is 12.4. The fourth-order valence-corrected chi connectivity index (χ4v) is 3.73. The highest BCUT2D eigenvalue weighted by atomic mass is 32.1. The maximum Gasteiger partial charge on any atom is 0.107 e. The van der Waals surface area contributed by atoms with E-state index in [0.29, 0.717) is 12.1 Å². The second kappa shape index (κ2) is 5.65. The second-order valence-corrected chi connectivity index (χ2v) is 5.85. The molecule has 0 spiro atoms. The Morgan fingerprint density at radius 2 is 2.50 bits per heavy atom. The number of thiazole rings is 1. The molecule has 4 nitrogen and oxygen atoms in total. The number of rotatable bonds is 4. The van der Waals surface area contributed by atoms with Gasteiger partial charge in [0.05, 0.1) is 25.4 Å². The van der Waals surface area contributed by atoms with Gasteiger partial charge in [-0.15, -0.1) is 11.3 Å². The minimum absolute atomic E-state index is 0.263. The Hall–Kier alpha value is -0.490. The Kier molecular flexibility index (Phi) is 3.94. The highest BCUT2D eigenvalue weighted by molar-refractivity contribution is 7.09. The highest BCUT2D eigenvalue weighted by Gasteiger charge is 2.43. The quantitative estimate of drug-likeness (QED) is 0.835. The summed E-state index contributed by atoms with van der Waals surface area (Å²) in [5.41, 5.74) is 0. The van der Waals surface area contributed by atoms with Gasteiger partial charge in [-0.3, -0.25) is 4.90 Å². The van der Waals surface area contributed by atoms with Crippen molar-refractivity contribution in [3.05, 3.63) is 16.6 Å². The molecule has 18 heavy (non-hydrogen) atoms. The Balaban J connectivity index is 1.66. The van der Waals surface area contributed by atoms with Crippen LogP contribution in [0.2, 0.25) is 0 Å². The molecule has 1 aliphatic heterocycles. The molecule has 2 fully saturated rings. The normalized spacial score (nSPS) is 32.6. The summed E-state index contributed by atoms with van der Waals surface area (Å²) >= 11 is 1.74. The smallest absolute Gasteiger partial charge is 0.107 e. The number of hydrogen-bond donors (Lipinski definition) is 0. The van der Waals surface area contributed by atoms with Crippen molar-refractivity contribution in [1.29, 1.82) is 0 Å². The molecular formula is C13H20N2O2S. The van der Waals surface area contributed by atoms with Crippen LogP contribution in [0.1, 0.15) is 24.8 Å². The van der Waals surface area contributed by atoms with Gasteiger partial charge in [0.1, 0.15) is 5.01 Å². The van der Waals surface area contributed by atoms with Crippen LogP contribution in [-0.4, -0.2) is 47.9 Å². The molecule has 0 N–H and O–H groups in total. The largest absolute Gasteiger partial charge is 0.376 e. The third kappa shape index (κ3) is 2.45. The van der Waals surface area contributed by atoms with Crippen molar-refractivity contribution >= 4 is 11.3 Å². The van der Waals surface area contributed by atoms with Gasteiger partial charge < -0.3 is 9.47 Å². The minimum atomic E-state index is 0.263. The average molecular weight is 268 g/mol. The summed E-state index contributed by atoms with van der Waals surface area (Å²) in [4.78, 5) is 6.90. The molecule has 1 aromatic heterocycles. The van der Waals surface area contributed by atoms with Gasteiger partial charge in [0.25, 0.3) is 0 Å². The molecule has 3 atom stereocenters. The van der Waals surface area contributed by atoms with E-state index in [0.717, 1.165) is 32.7 Å². The summed E-state index contributed by atoms with van der Waals surface area (Å²) in [6.45, 7) is 5.63. The lowest BCUT2D eigenvalue weighted by Gasteiger charge is -2.38. The molecule has 2 aliphatic rings. The lowest BCUT2D eigenvalue weighted by atomic mass is 10.1. The van der Waals surface area contributed by atoms with E-state index in [2.05, 4.69) is 16.8 Å². The van der Waals surface area contributed by atoms with E-state index < -0.39 is 0 Å². The highest BCUT2D eigenvalue weighted by Crippen LogP contribution is 2.33. The lowest BCUT2D eigenvalue weighted by Crippen LogP contribution is -2.51. The van der Waals surface area contributed by atoms with E-state index in [1.165, 1.54) is 11.4 Å². The first kappa shape index (κ1) is 12.5. The average Bonchev–Trinajstić information content (AvgIpc) is 3.01. The summed E-state index contributed by atoms with van der Waals surface area (Å²) < 4.78 is 11.7. The Morgan fingerprint density at radius 3 is 3.28 bits per heavy atom. The standard InChI is InChI=1S/C13H20N2O2S/c1-2-16-11-4-3-10-13(11)17-7-6-15(10)9-12-14-5-8-18-12/h5,8,10-11,13H,2-4,6-7,9H2,1H3/t10-,11+,13+/m0/s1. The Bertz CT molecular complexity index is 371. The number of fused-ring (bicyclic) bond motifs is 1. The van der Waals surface area contributed by atoms with Gasteiger partial charge >= 0.3 is 0 Å². The van der Waals surface area contributed by atoms with Crippen molar-refractivity contribution in [2.24, 2.45) is 0 Å². The third-order valence-corrected chi connectivity index (χ3v) is 4.62. The second-order valence-electron chi connectivity index (χ2n) is 4.87. The Labute approximate surface area is 112 Å². The summed E-state index contributed by atoms with van der Waals surface area (Å²) in [6.07, 6.45) is 4.74. The van der Waals surface area contributed by atoms with Gasteiger partial charge in [-0.1, -0.05) is 0 Å². The molecule has 1 aliphatic carbocycles. The first-order chi connectivity index (χ1) is 8.88. The van der Waals surface area contributed by atoms with E-state index in [1.807, 2.05) is 11.6 Å². The maximum absolute atomic E-state index is 5.93. The topological polar surface area (TPSA) is 34.6 Å². The molecule has 2 heterocycles. The van der Waals surface area contributed by atoms with Crippen molar-refractivity contribution in [3.8, 4) is 0 Å². The predicted octanol–water partition coefficient (Wildman–Crippen LogP) is 1.91. The number of hydrogen-bond acceptors (Lipinski definition) is 5. The van der Waals surface area contributed by atoms with Crippen LogP contribution in [0.3, 0.4) is 0 Å². The van der Waals surface area contributed by atoms with Crippen LogP contribution in [0, 0.1) is 0 Å². The van der Waals surface area contributed by atoms with Crippen molar-refractivity contribution in [2.45, 2.75) is 44.6 Å². The van der Waals surface area contributed by atoms with Crippen LogP contribution in [-0.2, 0) is 16.0 Å². The summed E-state index contributed by atoms with van der Waals surface area (Å²) in [7, 11) is 0. The summed E-state index contributed by atoms with van der Waals surface area (Å²) in [6, 6.07) is 0.513. The number of aromatic nitrogens is 1. The number of morpholine rings is 1. The SMILES string of the molecule is CCO[C@@H]1CC[C@H]2[C@H]1OCCN2Cc1nccs1. The summed E-state index contributed by atoms with van der Waals surface area (Å²) in [5, 5.41) is 3.25. The van der Waals surface area contributed by atoms with Gasteiger partial charge in [-0.05, 0) is 19.8 Å². The van der Waals surface area contributed by atoms with Crippen LogP contribution >= 0.6 is 11.3 Å². The fourth-order valence-electron chi connectivity index (χ4n) is 3.09. The van der Waals surface area contributed by atoms with Crippen molar-refractivity contribution in [3.63, 3.8) is 0 Å². The van der Waals surface area contributed by atoms with E-state index in [-0.39, 0.29) is 6.10 Å². The zero-order valence-corrected chi connectivity index (χ0v) is 11.6. The molecule has 5 heteroatoms. The molecule has 3 rings (SSSR count). The predicted molar refractivity (Wildman–Crippen MR) is 70.7 cm³/mol. The van der Waals surface area contributed by atoms with Crippen molar-refractivity contribution in [2.75, 3.05) is 19.8 Å². The first-order valence-electron chi connectivity index (χ1n) is 6.74. The summed E-state index contributed by atoms with van der Waals surface area (Å²) in [5.74, 6) is 0. The van der Waals surface area contributed by atoms with Crippen LogP contribution in [0.15, 0.2) is 11.6 Å². The number of nitrogens with zero attached hydrogens (tertiary/aromatic N) is 2. The van der Waals surface area contributed by atoms with Crippen molar-refractivity contribution in [1.82, 2.24) is 9.88 Å². The molecular weight excluding hydrogens is 248 g/mol. The van der Waals surface area contributed by atoms with E-state index in [1.54, 1.807) is 11.3 Å². The maximum atomic E-state index is 5.93.